The molecule has 5 aliphatic rings. The fourth-order valence-corrected chi connectivity index (χ4v) is 9.77. The molecule has 0 saturated carbocycles. The normalized spacial score (nSPS) is 23.4. The molecule has 340 valence electrons. The summed E-state index contributed by atoms with van der Waals surface area (Å²) in [5.74, 6) is -1.42. The van der Waals surface area contributed by atoms with Gasteiger partial charge in [0.1, 0.15) is 35.9 Å². The Morgan fingerprint density at radius 3 is 2.49 bits per heavy atom. The van der Waals surface area contributed by atoms with Crippen molar-refractivity contribution in [3.8, 4) is 5.75 Å². The molecule has 0 bridgehead atoms. The average molecular weight is 908 g/mol. The van der Waals surface area contributed by atoms with Crippen LogP contribution in [-0.4, -0.2) is 131 Å². The van der Waals surface area contributed by atoms with Crippen LogP contribution in [0.5, 0.6) is 5.75 Å². The third kappa shape index (κ3) is 9.55. The summed E-state index contributed by atoms with van der Waals surface area (Å²) in [5.41, 5.74) is 3.01. The molecule has 6 heterocycles. The first-order valence-electron chi connectivity index (χ1n) is 22.2. The van der Waals surface area contributed by atoms with Gasteiger partial charge in [-0.05, 0) is 94.6 Å². The summed E-state index contributed by atoms with van der Waals surface area (Å²) in [4.78, 5) is 81.4. The van der Waals surface area contributed by atoms with Crippen LogP contribution in [0.3, 0.4) is 0 Å². The summed E-state index contributed by atoms with van der Waals surface area (Å²) >= 11 is 6.02. The van der Waals surface area contributed by atoms with Gasteiger partial charge in [-0.25, -0.2) is 14.4 Å². The van der Waals surface area contributed by atoms with Crippen LogP contribution in [0.4, 0.5) is 27.3 Å². The van der Waals surface area contributed by atoms with Crippen LogP contribution in [-0.2, 0) is 19.1 Å². The molecular weight excluding hydrogens is 857 g/mol. The van der Waals surface area contributed by atoms with E-state index in [0.29, 0.717) is 59.5 Å². The summed E-state index contributed by atoms with van der Waals surface area (Å²) in [6.07, 6.45) is 7.68. The highest BCUT2D eigenvalue weighted by atomic mass is 35.5. The lowest BCUT2D eigenvalue weighted by Gasteiger charge is -2.47. The van der Waals surface area contributed by atoms with Gasteiger partial charge in [-0.2, -0.15) is 0 Å². The predicted molar refractivity (Wildman–Crippen MR) is 242 cm³/mol. The van der Waals surface area contributed by atoms with Gasteiger partial charge in [0.05, 0.1) is 40.6 Å². The van der Waals surface area contributed by atoms with E-state index in [1.165, 1.54) is 18.5 Å². The summed E-state index contributed by atoms with van der Waals surface area (Å²) in [6, 6.07) is 12.7. The van der Waals surface area contributed by atoms with Crippen molar-refractivity contribution in [2.45, 2.75) is 70.2 Å². The number of benzene rings is 3. The number of piperazine rings is 1. The molecule has 16 nitrogen and oxygen atoms in total. The number of carbonyl (C=O) groups is 5. The molecule has 4 atom stereocenters. The first-order chi connectivity index (χ1) is 31.4. The van der Waals surface area contributed by atoms with Crippen molar-refractivity contribution in [1.82, 2.24) is 30.0 Å². The fourth-order valence-electron chi connectivity index (χ4n) is 9.59. The van der Waals surface area contributed by atoms with E-state index in [2.05, 4.69) is 54.5 Å². The molecule has 5 amide bonds. The first-order valence-corrected chi connectivity index (χ1v) is 22.6. The van der Waals surface area contributed by atoms with Gasteiger partial charge >= 0.3 is 0 Å². The minimum Gasteiger partial charge on any atom is -0.486 e. The second-order valence-corrected chi connectivity index (χ2v) is 18.0. The van der Waals surface area contributed by atoms with Crippen molar-refractivity contribution >= 4 is 74.9 Å². The second kappa shape index (κ2) is 18.8. The minimum atomic E-state index is -0.995. The number of nitrogens with zero attached hydrogens (tertiary/aromatic N) is 6. The Labute approximate surface area is 380 Å². The first kappa shape index (κ1) is 44.2. The van der Waals surface area contributed by atoms with Gasteiger partial charge in [0.25, 0.3) is 11.8 Å². The molecule has 3 aromatic carbocycles. The van der Waals surface area contributed by atoms with Crippen molar-refractivity contribution < 1.29 is 37.8 Å². The number of hydrogen-bond acceptors (Lipinski definition) is 13. The van der Waals surface area contributed by atoms with E-state index in [0.717, 1.165) is 62.6 Å². The largest absolute Gasteiger partial charge is 0.486 e. The molecule has 3 N–H and O–H groups in total. The van der Waals surface area contributed by atoms with Gasteiger partial charge in [-0.3, -0.25) is 44.0 Å². The molecule has 4 fully saturated rings. The van der Waals surface area contributed by atoms with E-state index >= 15 is 0 Å². The van der Waals surface area contributed by atoms with E-state index < -0.39 is 35.5 Å². The molecule has 3 unspecified atom stereocenters. The zero-order chi connectivity index (χ0) is 45.4. The number of carbonyl (C=O) groups excluding carboxylic acids is 5. The summed E-state index contributed by atoms with van der Waals surface area (Å²) in [5, 5.41) is 9.03. The maximum atomic E-state index is 13.8. The van der Waals surface area contributed by atoms with Gasteiger partial charge < -0.3 is 25.0 Å². The molecule has 0 aliphatic carbocycles. The third-order valence-electron chi connectivity index (χ3n) is 13.1. The molecule has 1 aromatic heterocycles. The number of hydrogen-bond donors (Lipinski definition) is 3. The Morgan fingerprint density at radius 1 is 0.969 bits per heavy atom. The van der Waals surface area contributed by atoms with Crippen molar-refractivity contribution in [2.75, 3.05) is 68.0 Å². The van der Waals surface area contributed by atoms with Gasteiger partial charge in [-0.1, -0.05) is 17.7 Å². The van der Waals surface area contributed by atoms with Crippen LogP contribution in [0.25, 0.3) is 10.9 Å². The number of ether oxygens (including phenoxy) is 2. The van der Waals surface area contributed by atoms with Crippen molar-refractivity contribution in [3.05, 3.63) is 89.0 Å². The maximum Gasteiger partial charge on any atom is 0.262 e. The quantitative estimate of drug-likeness (QED) is 0.119. The van der Waals surface area contributed by atoms with Crippen molar-refractivity contribution in [3.63, 3.8) is 0 Å². The number of rotatable bonds is 12. The van der Waals surface area contributed by atoms with Crippen LogP contribution in [0.15, 0.2) is 67.0 Å². The van der Waals surface area contributed by atoms with Crippen molar-refractivity contribution in [1.29, 1.82) is 0 Å². The number of nitrogens with one attached hydrogen (secondary N) is 3. The molecule has 9 rings (SSSR count). The topological polar surface area (TPSA) is 179 Å². The highest BCUT2D eigenvalue weighted by Gasteiger charge is 2.45. The Bertz CT molecular complexity index is 2550. The van der Waals surface area contributed by atoms with Crippen LogP contribution < -0.4 is 25.6 Å². The molecular formula is C47H51ClFN9O7. The summed E-state index contributed by atoms with van der Waals surface area (Å²) < 4.78 is 25.7. The summed E-state index contributed by atoms with van der Waals surface area (Å²) in [6.45, 7) is 10.4. The lowest BCUT2D eigenvalue weighted by molar-refractivity contribution is -0.136. The van der Waals surface area contributed by atoms with Crippen LogP contribution >= 0.6 is 11.6 Å². The number of likely N-dealkylation sites (tertiary alicyclic amines) is 1. The van der Waals surface area contributed by atoms with E-state index in [9.17, 15) is 28.4 Å². The SMILES string of the molecule is CC1CN(c2ccc3c(c2)C(=O)N(C2CCC(=O)NC2=O)C3=O)CC(C)N1CC1CCN(C/C=C/C(=O)Nc2cc3c(Nc4ccc(F)c(Cl)c4)ncnc3cc2O[C@H]2CCOC2)CC1. The molecule has 18 heteroatoms. The molecule has 0 radical (unpaired) electrons. The van der Waals surface area contributed by atoms with Crippen LogP contribution in [0.2, 0.25) is 5.02 Å². The van der Waals surface area contributed by atoms with E-state index in [1.54, 1.807) is 36.4 Å². The van der Waals surface area contributed by atoms with Gasteiger partial charge in [-0.15, -0.1) is 0 Å². The molecule has 4 saturated heterocycles. The number of imide groups is 2. The third-order valence-corrected chi connectivity index (χ3v) is 13.3. The smallest absolute Gasteiger partial charge is 0.262 e. The zero-order valence-electron chi connectivity index (χ0n) is 36.2. The number of fused-ring (bicyclic) bond motifs is 2. The van der Waals surface area contributed by atoms with E-state index in [1.807, 2.05) is 12.1 Å². The number of aromatic nitrogens is 2. The van der Waals surface area contributed by atoms with Crippen LogP contribution in [0.1, 0.15) is 66.7 Å². The standard InChI is InChI=1S/C47H51ClFN9O7/c1-27-22-56(31-6-7-33-34(19-31)47(63)58(46(33)62)40-9-10-43(60)54-45(40)61)23-28(2)57(27)24-29-11-15-55(16-12-29)14-3-4-42(59)53-39-20-35-38(21-41(39)65-32-13-17-64-25-32)50-26-51-44(35)52-30-5-8-37(49)36(48)18-30/h3-8,18-21,26-29,32,40H,9-17,22-25H2,1-2H3,(H,53,59)(H,50,51,52)(H,54,60,61)/b4-3+/t27?,28?,32-,40?/m0/s1. The average Bonchev–Trinajstić information content (AvgIpc) is 3.89. The van der Waals surface area contributed by atoms with Gasteiger partial charge in [0.15, 0.2) is 0 Å². The van der Waals surface area contributed by atoms with E-state index in [4.69, 9.17) is 21.1 Å². The van der Waals surface area contributed by atoms with Gasteiger partial charge in [0.2, 0.25) is 17.7 Å². The molecule has 0 spiro atoms. The highest BCUT2D eigenvalue weighted by Crippen LogP contribution is 2.36. The van der Waals surface area contributed by atoms with Crippen molar-refractivity contribution in [2.24, 2.45) is 5.92 Å². The predicted octanol–water partition coefficient (Wildman–Crippen LogP) is 5.54. The second-order valence-electron chi connectivity index (χ2n) is 17.6. The lowest BCUT2D eigenvalue weighted by atomic mass is 9.94. The van der Waals surface area contributed by atoms with Gasteiger partial charge in [0, 0.05) is 80.0 Å². The Kier molecular flexibility index (Phi) is 12.8. The number of piperidine rings is 2. The number of halogens is 2. The molecule has 4 aromatic rings. The minimum absolute atomic E-state index is 0.0252. The number of anilines is 4. The number of amides is 5. The maximum absolute atomic E-state index is 13.8. The monoisotopic (exact) mass is 907 g/mol. The van der Waals surface area contributed by atoms with Crippen LogP contribution in [0, 0.1) is 11.7 Å². The molecule has 65 heavy (non-hydrogen) atoms. The Balaban J connectivity index is 0.776. The Morgan fingerprint density at radius 2 is 1.75 bits per heavy atom. The summed E-state index contributed by atoms with van der Waals surface area (Å²) in [7, 11) is 0. The Hall–Kier alpha value is -6.01. The lowest BCUT2D eigenvalue weighted by Crippen LogP contribution is -2.58. The van der Waals surface area contributed by atoms with E-state index in [-0.39, 0.29) is 53.1 Å². The fraction of sp³-hybridized carbons (Fsp3) is 0.426. The zero-order valence-corrected chi connectivity index (χ0v) is 37.0. The molecule has 5 aliphatic heterocycles. The highest BCUT2D eigenvalue weighted by molar-refractivity contribution is 6.31.